The zero-order valence-electron chi connectivity index (χ0n) is 15.0. The Morgan fingerprint density at radius 3 is 2.28 bits per heavy atom. The van der Waals surface area contributed by atoms with Gasteiger partial charge < -0.3 is 0 Å². The van der Waals surface area contributed by atoms with Crippen LogP contribution in [-0.4, -0.2) is 48.8 Å². The molecule has 0 radical (unpaired) electrons. The van der Waals surface area contributed by atoms with Crippen molar-refractivity contribution >= 4 is 21.4 Å². The van der Waals surface area contributed by atoms with Crippen molar-refractivity contribution in [1.82, 2.24) is 14.2 Å². The molecule has 0 atom stereocenters. The molecule has 1 aliphatic rings. The average molecular weight is 380 g/mol. The predicted octanol–water partition coefficient (Wildman–Crippen LogP) is 3.08. The number of aromatic nitrogens is 1. The molecule has 1 aliphatic heterocycles. The normalized spacial score (nSPS) is 17.3. The Morgan fingerprint density at radius 2 is 1.76 bits per heavy atom. The van der Waals surface area contributed by atoms with E-state index in [-0.39, 0.29) is 0 Å². The van der Waals surface area contributed by atoms with E-state index in [1.807, 2.05) is 18.3 Å². The maximum absolute atomic E-state index is 12.8. The molecular weight excluding hydrogens is 354 g/mol. The highest BCUT2D eigenvalue weighted by molar-refractivity contribution is 7.89. The molecule has 1 aromatic carbocycles. The molecule has 1 fully saturated rings. The van der Waals surface area contributed by atoms with Gasteiger partial charge in [0.05, 0.1) is 11.4 Å². The molecule has 1 aromatic heterocycles. The van der Waals surface area contributed by atoms with Crippen LogP contribution in [0.3, 0.4) is 0 Å². The highest BCUT2D eigenvalue weighted by Gasteiger charge is 2.28. The number of thiazole rings is 1. The van der Waals surface area contributed by atoms with Crippen molar-refractivity contribution in [3.8, 4) is 0 Å². The molecule has 0 saturated carbocycles. The fraction of sp³-hybridized carbons (Fsp3) is 0.500. The van der Waals surface area contributed by atoms with Crippen molar-refractivity contribution in [3.63, 3.8) is 0 Å². The van der Waals surface area contributed by atoms with Gasteiger partial charge in [-0.3, -0.25) is 4.90 Å². The summed E-state index contributed by atoms with van der Waals surface area (Å²) in [6, 6.07) is 7.29. The maximum Gasteiger partial charge on any atom is 0.243 e. The minimum atomic E-state index is -3.40. The quantitative estimate of drug-likeness (QED) is 0.801. The molecular formula is C18H25N3O2S2. The third-order valence-corrected chi connectivity index (χ3v) is 7.35. The molecule has 2 aromatic rings. The van der Waals surface area contributed by atoms with E-state index in [1.54, 1.807) is 27.8 Å². The zero-order valence-corrected chi connectivity index (χ0v) is 16.6. The number of piperazine rings is 1. The van der Waals surface area contributed by atoms with Crippen LogP contribution in [-0.2, 0) is 16.6 Å². The van der Waals surface area contributed by atoms with Gasteiger partial charge >= 0.3 is 0 Å². The van der Waals surface area contributed by atoms with Gasteiger partial charge in [-0.05, 0) is 30.5 Å². The second-order valence-corrected chi connectivity index (χ2v) is 10.0. The molecule has 0 amide bonds. The first-order valence-corrected chi connectivity index (χ1v) is 10.9. The van der Waals surface area contributed by atoms with Crippen molar-refractivity contribution in [2.45, 2.75) is 38.1 Å². The molecule has 2 heterocycles. The van der Waals surface area contributed by atoms with Crippen LogP contribution >= 0.6 is 11.3 Å². The maximum atomic E-state index is 12.8. The van der Waals surface area contributed by atoms with E-state index < -0.39 is 10.0 Å². The van der Waals surface area contributed by atoms with E-state index in [4.69, 9.17) is 0 Å². The van der Waals surface area contributed by atoms with E-state index in [0.29, 0.717) is 23.9 Å². The monoisotopic (exact) mass is 379 g/mol. The summed E-state index contributed by atoms with van der Waals surface area (Å²) in [5.74, 6) is 0.398. The minimum absolute atomic E-state index is 0.390. The zero-order chi connectivity index (χ0) is 18.0. The van der Waals surface area contributed by atoms with Gasteiger partial charge in [0.2, 0.25) is 10.0 Å². The Labute approximate surface area is 154 Å². The fourth-order valence-electron chi connectivity index (χ4n) is 2.97. The Morgan fingerprint density at radius 1 is 1.12 bits per heavy atom. The highest BCUT2D eigenvalue weighted by Crippen LogP contribution is 2.22. The summed E-state index contributed by atoms with van der Waals surface area (Å²) in [5.41, 5.74) is 1.16. The molecule has 0 spiro atoms. The van der Waals surface area contributed by atoms with E-state index in [9.17, 15) is 8.42 Å². The van der Waals surface area contributed by atoms with Crippen LogP contribution in [0, 0.1) is 6.92 Å². The van der Waals surface area contributed by atoms with Crippen LogP contribution in [0.1, 0.15) is 35.2 Å². The van der Waals surface area contributed by atoms with Gasteiger partial charge in [0.1, 0.15) is 5.01 Å². The van der Waals surface area contributed by atoms with E-state index in [2.05, 4.69) is 30.7 Å². The number of rotatable bonds is 5. The van der Waals surface area contributed by atoms with Crippen molar-refractivity contribution in [3.05, 3.63) is 45.9 Å². The summed E-state index contributed by atoms with van der Waals surface area (Å²) in [7, 11) is -3.40. The lowest BCUT2D eigenvalue weighted by molar-refractivity contribution is 0.181. The summed E-state index contributed by atoms with van der Waals surface area (Å²) in [5, 5.41) is 1.10. The Hall–Kier alpha value is -1.28. The number of nitrogens with zero attached hydrogens (tertiary/aromatic N) is 3. The molecule has 7 heteroatoms. The third-order valence-electron chi connectivity index (χ3n) is 4.54. The second kappa shape index (κ2) is 7.53. The fourth-order valence-corrected chi connectivity index (χ4v) is 5.22. The summed E-state index contributed by atoms with van der Waals surface area (Å²) in [6.45, 7) is 9.59. The number of sulfonamides is 1. The van der Waals surface area contributed by atoms with Gasteiger partial charge in [0, 0.05) is 37.3 Å². The van der Waals surface area contributed by atoms with Gasteiger partial charge in [-0.25, -0.2) is 13.4 Å². The first kappa shape index (κ1) is 18.5. The van der Waals surface area contributed by atoms with Crippen LogP contribution in [0.25, 0.3) is 0 Å². The predicted molar refractivity (Wildman–Crippen MR) is 101 cm³/mol. The summed E-state index contributed by atoms with van der Waals surface area (Å²) in [4.78, 5) is 8.26. The molecule has 1 saturated heterocycles. The lowest BCUT2D eigenvalue weighted by Crippen LogP contribution is -2.48. The average Bonchev–Trinajstić information content (AvgIpc) is 3.00. The molecule has 136 valence electrons. The molecule has 5 nitrogen and oxygen atoms in total. The first-order valence-electron chi connectivity index (χ1n) is 8.60. The van der Waals surface area contributed by atoms with E-state index in [0.717, 1.165) is 30.2 Å². The van der Waals surface area contributed by atoms with Crippen LogP contribution in [0.4, 0.5) is 0 Å². The number of hydrogen-bond donors (Lipinski definition) is 0. The highest BCUT2D eigenvalue weighted by atomic mass is 32.2. The van der Waals surface area contributed by atoms with E-state index >= 15 is 0 Å². The summed E-state index contributed by atoms with van der Waals surface area (Å²) < 4.78 is 27.3. The van der Waals surface area contributed by atoms with E-state index in [1.165, 1.54) is 4.88 Å². The summed E-state index contributed by atoms with van der Waals surface area (Å²) in [6.07, 6.45) is 1.89. The lowest BCUT2D eigenvalue weighted by Gasteiger charge is -2.33. The number of benzene rings is 1. The largest absolute Gasteiger partial charge is 0.294 e. The number of hydrogen-bond acceptors (Lipinski definition) is 5. The van der Waals surface area contributed by atoms with Crippen molar-refractivity contribution < 1.29 is 8.42 Å². The minimum Gasteiger partial charge on any atom is -0.294 e. The SMILES string of the molecule is Cc1cnc(CN2CCN(S(=O)(=O)c3ccc(C(C)C)cc3)CC2)s1. The van der Waals surface area contributed by atoms with Crippen LogP contribution in [0.5, 0.6) is 0 Å². The molecule has 0 aliphatic carbocycles. The molecule has 0 bridgehead atoms. The molecule has 0 unspecified atom stereocenters. The van der Waals surface area contributed by atoms with Gasteiger partial charge in [0.15, 0.2) is 0 Å². The topological polar surface area (TPSA) is 53.5 Å². The van der Waals surface area contributed by atoms with Crippen molar-refractivity contribution in [2.75, 3.05) is 26.2 Å². The Kier molecular flexibility index (Phi) is 5.58. The van der Waals surface area contributed by atoms with Crippen LogP contribution < -0.4 is 0 Å². The Balaban J connectivity index is 1.62. The molecule has 25 heavy (non-hydrogen) atoms. The Bertz CT molecular complexity index is 805. The lowest BCUT2D eigenvalue weighted by atomic mass is 10.0. The van der Waals surface area contributed by atoms with Gasteiger partial charge in [-0.2, -0.15) is 4.31 Å². The van der Waals surface area contributed by atoms with Gasteiger partial charge in [0.25, 0.3) is 0 Å². The number of aryl methyl sites for hydroxylation is 1. The molecule has 0 N–H and O–H groups in total. The standard InChI is InChI=1S/C18H25N3O2S2/c1-14(2)16-4-6-17(7-5-16)25(22,23)21-10-8-20(9-11-21)13-18-19-12-15(3)24-18/h4-7,12,14H,8-11,13H2,1-3H3. The smallest absolute Gasteiger partial charge is 0.243 e. The molecule has 3 rings (SSSR count). The van der Waals surface area contributed by atoms with Crippen LogP contribution in [0.15, 0.2) is 35.4 Å². The third kappa shape index (κ3) is 4.28. The second-order valence-electron chi connectivity index (χ2n) is 6.77. The van der Waals surface area contributed by atoms with Crippen molar-refractivity contribution in [2.24, 2.45) is 0 Å². The summed E-state index contributed by atoms with van der Waals surface area (Å²) >= 11 is 1.70. The van der Waals surface area contributed by atoms with Gasteiger partial charge in [-0.15, -0.1) is 11.3 Å². The first-order chi connectivity index (χ1) is 11.9. The van der Waals surface area contributed by atoms with Crippen molar-refractivity contribution in [1.29, 1.82) is 0 Å². The van der Waals surface area contributed by atoms with Crippen LogP contribution in [0.2, 0.25) is 0 Å². The van der Waals surface area contributed by atoms with Gasteiger partial charge in [-0.1, -0.05) is 26.0 Å².